The summed E-state index contributed by atoms with van der Waals surface area (Å²) in [5.41, 5.74) is 0. The number of rotatable bonds is 5. The van der Waals surface area contributed by atoms with Crippen LogP contribution in [0, 0.1) is 11.8 Å². The average molecular weight is 201 g/mol. The molecule has 0 bridgehead atoms. The molecule has 0 heterocycles. The summed E-state index contributed by atoms with van der Waals surface area (Å²) in [6, 6.07) is 0.888. The van der Waals surface area contributed by atoms with Crippen molar-refractivity contribution in [2.75, 3.05) is 0 Å². The fraction of sp³-hybridized carbons (Fsp3) is 0.909. The second kappa shape index (κ2) is 5.71. The van der Waals surface area contributed by atoms with Gasteiger partial charge in [-0.2, -0.15) is 0 Å². The van der Waals surface area contributed by atoms with E-state index in [-0.39, 0.29) is 0 Å². The normalized spacial score (nSPS) is 14.2. The molecule has 0 spiro atoms. The van der Waals surface area contributed by atoms with Crippen LogP contribution in [0.4, 0.5) is 0 Å². The Kier molecular flexibility index (Phi) is 5.73. The molecular formula is C11H23NS. The molecular weight excluding hydrogens is 178 g/mol. The second-order valence-electron chi connectivity index (χ2n) is 4.60. The Morgan fingerprint density at radius 3 is 1.69 bits per heavy atom. The molecule has 1 atom stereocenters. The van der Waals surface area contributed by atoms with Crippen molar-refractivity contribution in [2.24, 2.45) is 11.8 Å². The molecule has 1 unspecified atom stereocenters. The largest absolute Gasteiger partial charge is 0.307 e. The Hall–Kier alpha value is 0.0500. The zero-order valence-corrected chi connectivity index (χ0v) is 10.5. The van der Waals surface area contributed by atoms with E-state index in [1.807, 2.05) is 0 Å². The summed E-state index contributed by atoms with van der Waals surface area (Å²) in [6.45, 7) is 13.1. The third-order valence-electron chi connectivity index (χ3n) is 2.06. The van der Waals surface area contributed by atoms with Crippen molar-refractivity contribution < 1.29 is 0 Å². The van der Waals surface area contributed by atoms with Gasteiger partial charge in [0, 0.05) is 16.9 Å². The van der Waals surface area contributed by atoms with E-state index in [2.05, 4.69) is 46.9 Å². The van der Waals surface area contributed by atoms with Crippen LogP contribution in [0.2, 0.25) is 0 Å². The third-order valence-corrected chi connectivity index (χ3v) is 2.78. The molecule has 0 saturated heterocycles. The van der Waals surface area contributed by atoms with E-state index in [4.69, 9.17) is 12.2 Å². The summed E-state index contributed by atoms with van der Waals surface area (Å²) < 4.78 is 0. The average Bonchev–Trinajstić information content (AvgIpc) is 1.97. The minimum absolute atomic E-state index is 0.384. The monoisotopic (exact) mass is 201 g/mol. The lowest BCUT2D eigenvalue weighted by Crippen LogP contribution is -2.45. The van der Waals surface area contributed by atoms with Gasteiger partial charge >= 0.3 is 0 Å². The van der Waals surface area contributed by atoms with Crippen molar-refractivity contribution in [1.29, 1.82) is 0 Å². The molecule has 1 N–H and O–H groups in total. The SMILES string of the molecule is CC(C)NC(C(=S)C(C)C)C(C)C. The highest BCUT2D eigenvalue weighted by Gasteiger charge is 2.20. The molecule has 0 aliphatic rings. The first-order valence-electron chi connectivity index (χ1n) is 5.16. The maximum atomic E-state index is 5.43. The summed E-state index contributed by atoms with van der Waals surface area (Å²) in [5, 5.41) is 3.52. The van der Waals surface area contributed by atoms with Gasteiger partial charge in [0.15, 0.2) is 0 Å². The van der Waals surface area contributed by atoms with E-state index < -0.39 is 0 Å². The quantitative estimate of drug-likeness (QED) is 0.686. The Bertz CT molecular complexity index is 161. The highest BCUT2D eigenvalue weighted by molar-refractivity contribution is 7.80. The van der Waals surface area contributed by atoms with Gasteiger partial charge in [-0.3, -0.25) is 0 Å². The highest BCUT2D eigenvalue weighted by Crippen LogP contribution is 2.11. The number of hydrogen-bond donors (Lipinski definition) is 1. The maximum Gasteiger partial charge on any atom is 0.0411 e. The van der Waals surface area contributed by atoms with Gasteiger partial charge in [-0.1, -0.05) is 53.8 Å². The molecule has 0 aliphatic carbocycles. The summed E-state index contributed by atoms with van der Waals surface area (Å²) in [6.07, 6.45) is 0. The topological polar surface area (TPSA) is 12.0 Å². The Morgan fingerprint density at radius 2 is 1.46 bits per heavy atom. The summed E-state index contributed by atoms with van der Waals surface area (Å²) >= 11 is 5.43. The van der Waals surface area contributed by atoms with Crippen LogP contribution in [0.1, 0.15) is 41.5 Å². The van der Waals surface area contributed by atoms with Crippen LogP contribution in [0.15, 0.2) is 0 Å². The Morgan fingerprint density at radius 1 is 1.00 bits per heavy atom. The highest BCUT2D eigenvalue weighted by atomic mass is 32.1. The lowest BCUT2D eigenvalue weighted by molar-refractivity contribution is 0.442. The van der Waals surface area contributed by atoms with Gasteiger partial charge in [0.1, 0.15) is 0 Å². The van der Waals surface area contributed by atoms with Gasteiger partial charge in [-0.05, 0) is 11.8 Å². The molecule has 1 nitrogen and oxygen atoms in total. The van der Waals surface area contributed by atoms with Crippen LogP contribution in [0.3, 0.4) is 0 Å². The second-order valence-corrected chi connectivity index (χ2v) is 5.07. The molecule has 0 aromatic heterocycles. The molecule has 0 aliphatic heterocycles. The van der Waals surface area contributed by atoms with Crippen LogP contribution < -0.4 is 5.32 Å². The molecule has 2 heteroatoms. The van der Waals surface area contributed by atoms with Crippen molar-refractivity contribution in [3.8, 4) is 0 Å². The van der Waals surface area contributed by atoms with Crippen molar-refractivity contribution in [3.05, 3.63) is 0 Å². The summed E-state index contributed by atoms with van der Waals surface area (Å²) in [4.78, 5) is 1.16. The molecule has 78 valence electrons. The van der Waals surface area contributed by atoms with Crippen LogP contribution in [-0.4, -0.2) is 16.9 Å². The summed E-state index contributed by atoms with van der Waals surface area (Å²) in [7, 11) is 0. The summed E-state index contributed by atoms with van der Waals surface area (Å²) in [5.74, 6) is 1.07. The molecule has 0 rings (SSSR count). The van der Waals surface area contributed by atoms with Gasteiger partial charge in [-0.25, -0.2) is 0 Å². The molecule has 0 saturated carbocycles. The molecule has 13 heavy (non-hydrogen) atoms. The van der Waals surface area contributed by atoms with E-state index in [1.54, 1.807) is 0 Å². The maximum absolute atomic E-state index is 5.43. The third kappa shape index (κ3) is 4.72. The zero-order chi connectivity index (χ0) is 10.6. The lowest BCUT2D eigenvalue weighted by atomic mass is 9.94. The Labute approximate surface area is 88.3 Å². The van der Waals surface area contributed by atoms with Crippen LogP contribution in [0.5, 0.6) is 0 Å². The Balaban J connectivity index is 4.33. The van der Waals surface area contributed by atoms with E-state index in [1.165, 1.54) is 0 Å². The van der Waals surface area contributed by atoms with Crippen molar-refractivity contribution in [1.82, 2.24) is 5.32 Å². The predicted octanol–water partition coefficient (Wildman–Crippen LogP) is 3.03. The molecule has 0 amide bonds. The van der Waals surface area contributed by atoms with Gasteiger partial charge in [0.25, 0.3) is 0 Å². The predicted molar refractivity (Wildman–Crippen MR) is 64.3 cm³/mol. The first kappa shape index (κ1) is 13.1. The minimum Gasteiger partial charge on any atom is -0.307 e. The van der Waals surface area contributed by atoms with Crippen LogP contribution >= 0.6 is 12.2 Å². The van der Waals surface area contributed by atoms with E-state index >= 15 is 0 Å². The first-order chi connectivity index (χ1) is 5.86. The smallest absolute Gasteiger partial charge is 0.0411 e. The fourth-order valence-electron chi connectivity index (χ4n) is 1.32. The zero-order valence-electron chi connectivity index (χ0n) is 9.72. The van der Waals surface area contributed by atoms with Gasteiger partial charge < -0.3 is 5.32 Å². The van der Waals surface area contributed by atoms with Crippen molar-refractivity contribution >= 4 is 17.1 Å². The first-order valence-corrected chi connectivity index (χ1v) is 5.56. The van der Waals surface area contributed by atoms with Gasteiger partial charge in [0.2, 0.25) is 0 Å². The number of nitrogens with one attached hydrogen (secondary N) is 1. The van der Waals surface area contributed by atoms with Crippen molar-refractivity contribution in [3.63, 3.8) is 0 Å². The van der Waals surface area contributed by atoms with E-state index in [9.17, 15) is 0 Å². The van der Waals surface area contributed by atoms with Crippen LogP contribution in [-0.2, 0) is 0 Å². The van der Waals surface area contributed by atoms with Gasteiger partial charge in [-0.15, -0.1) is 0 Å². The molecule has 0 fully saturated rings. The van der Waals surface area contributed by atoms with E-state index in [0.717, 1.165) is 4.86 Å². The number of thiocarbonyl (C=S) groups is 1. The molecule has 0 aromatic rings. The number of hydrogen-bond acceptors (Lipinski definition) is 2. The van der Waals surface area contributed by atoms with Crippen LogP contribution in [0.25, 0.3) is 0 Å². The fourth-order valence-corrected chi connectivity index (χ4v) is 1.66. The van der Waals surface area contributed by atoms with Gasteiger partial charge in [0.05, 0.1) is 0 Å². The molecule has 0 aromatic carbocycles. The van der Waals surface area contributed by atoms with E-state index in [0.29, 0.717) is 23.9 Å². The standard InChI is InChI=1S/C11H23NS/c1-7(2)10(12-9(5)6)11(13)8(3)4/h7-10,12H,1-6H3. The van der Waals surface area contributed by atoms with Crippen molar-refractivity contribution in [2.45, 2.75) is 53.6 Å². The minimum atomic E-state index is 0.384. The molecule has 0 radical (unpaired) electrons. The lowest BCUT2D eigenvalue weighted by Gasteiger charge is -2.27.